The minimum atomic E-state index is 0.565. The van der Waals surface area contributed by atoms with E-state index in [-0.39, 0.29) is 0 Å². The van der Waals surface area contributed by atoms with Gasteiger partial charge in [-0.15, -0.1) is 11.3 Å². The van der Waals surface area contributed by atoms with Gasteiger partial charge in [-0.25, -0.2) is 0 Å². The Kier molecular flexibility index (Phi) is 2.33. The van der Waals surface area contributed by atoms with Gasteiger partial charge in [0.25, 0.3) is 0 Å². The van der Waals surface area contributed by atoms with Crippen molar-refractivity contribution in [1.82, 2.24) is 4.90 Å². The van der Waals surface area contributed by atoms with Gasteiger partial charge in [0.2, 0.25) is 0 Å². The predicted molar refractivity (Wildman–Crippen MR) is 75.2 cm³/mol. The van der Waals surface area contributed by atoms with Crippen molar-refractivity contribution in [2.75, 3.05) is 0 Å². The van der Waals surface area contributed by atoms with Gasteiger partial charge in [-0.2, -0.15) is 0 Å². The second kappa shape index (κ2) is 3.89. The van der Waals surface area contributed by atoms with Gasteiger partial charge >= 0.3 is 0 Å². The van der Waals surface area contributed by atoms with Crippen molar-refractivity contribution in [2.24, 2.45) is 4.99 Å². The average Bonchev–Trinajstić information content (AvgIpc) is 3.04. The molecule has 88 valence electrons. The van der Waals surface area contributed by atoms with E-state index in [2.05, 4.69) is 27.8 Å². The van der Waals surface area contributed by atoms with Gasteiger partial charge in [0.15, 0.2) is 5.17 Å². The van der Waals surface area contributed by atoms with E-state index in [0.717, 1.165) is 0 Å². The molecule has 0 N–H and O–H groups in total. The predicted octanol–water partition coefficient (Wildman–Crippen LogP) is 3.78. The lowest BCUT2D eigenvalue weighted by atomic mass is 9.90. The van der Waals surface area contributed by atoms with E-state index >= 15 is 0 Å². The number of amidine groups is 1. The Labute approximate surface area is 109 Å². The van der Waals surface area contributed by atoms with E-state index in [4.69, 9.17) is 4.99 Å². The lowest BCUT2D eigenvalue weighted by Crippen LogP contribution is -2.37. The molecular weight excluding hydrogens is 248 g/mol. The van der Waals surface area contributed by atoms with Crippen molar-refractivity contribution in [3.05, 3.63) is 27.8 Å². The summed E-state index contributed by atoms with van der Waals surface area (Å²) in [6.45, 7) is 0. The van der Waals surface area contributed by atoms with Crippen molar-refractivity contribution < 1.29 is 0 Å². The molecule has 0 radical (unpaired) electrons. The van der Waals surface area contributed by atoms with Gasteiger partial charge in [0.05, 0.1) is 22.7 Å². The first-order chi connectivity index (χ1) is 8.43. The molecule has 1 aromatic rings. The largest absolute Gasteiger partial charge is 0.314 e. The molecule has 0 bridgehead atoms. The van der Waals surface area contributed by atoms with E-state index in [1.54, 1.807) is 11.8 Å². The monoisotopic (exact) mass is 262 g/mol. The highest BCUT2D eigenvalue weighted by Crippen LogP contribution is 2.44. The SMILES string of the molecule is C1=C(c2cccs2)N2C(=N[C@@H]3CCCC[C@H]32)S1. The Morgan fingerprint density at radius 3 is 3.12 bits per heavy atom. The zero-order valence-electron chi connectivity index (χ0n) is 9.50. The number of rotatable bonds is 1. The van der Waals surface area contributed by atoms with Gasteiger partial charge in [-0.05, 0) is 24.3 Å². The molecule has 17 heavy (non-hydrogen) atoms. The summed E-state index contributed by atoms with van der Waals surface area (Å²) in [5.41, 5.74) is 1.39. The van der Waals surface area contributed by atoms with E-state index < -0.39 is 0 Å². The second-order valence-corrected chi connectivity index (χ2v) is 6.58. The first-order valence-electron chi connectivity index (χ1n) is 6.21. The lowest BCUT2D eigenvalue weighted by molar-refractivity contribution is 0.306. The van der Waals surface area contributed by atoms with Gasteiger partial charge < -0.3 is 4.90 Å². The lowest BCUT2D eigenvalue weighted by Gasteiger charge is -2.31. The zero-order chi connectivity index (χ0) is 11.2. The summed E-state index contributed by atoms with van der Waals surface area (Å²) in [4.78, 5) is 8.77. The highest BCUT2D eigenvalue weighted by atomic mass is 32.2. The van der Waals surface area contributed by atoms with Crippen LogP contribution in [0.5, 0.6) is 0 Å². The fourth-order valence-electron chi connectivity index (χ4n) is 3.02. The molecule has 3 heterocycles. The highest BCUT2D eigenvalue weighted by Gasteiger charge is 2.42. The quantitative estimate of drug-likeness (QED) is 0.765. The van der Waals surface area contributed by atoms with Crippen LogP contribution in [0, 0.1) is 0 Å². The molecule has 3 aliphatic rings. The van der Waals surface area contributed by atoms with Crippen LogP contribution in [0.2, 0.25) is 0 Å². The Balaban J connectivity index is 1.70. The van der Waals surface area contributed by atoms with Crippen LogP contribution in [0.4, 0.5) is 0 Å². The van der Waals surface area contributed by atoms with Gasteiger partial charge in [0.1, 0.15) is 0 Å². The van der Waals surface area contributed by atoms with Gasteiger partial charge in [-0.1, -0.05) is 30.7 Å². The van der Waals surface area contributed by atoms with Gasteiger partial charge in [-0.3, -0.25) is 4.99 Å². The van der Waals surface area contributed by atoms with E-state index in [9.17, 15) is 0 Å². The average molecular weight is 262 g/mol. The third-order valence-corrected chi connectivity index (χ3v) is 5.56. The maximum Gasteiger partial charge on any atom is 0.168 e. The molecular formula is C13H14N2S2. The second-order valence-electron chi connectivity index (χ2n) is 4.80. The maximum absolute atomic E-state index is 4.89. The van der Waals surface area contributed by atoms with Crippen LogP contribution >= 0.6 is 23.1 Å². The number of fused-ring (bicyclic) bond motifs is 3. The molecule has 1 aromatic heterocycles. The Morgan fingerprint density at radius 1 is 1.29 bits per heavy atom. The van der Waals surface area contributed by atoms with Crippen molar-refractivity contribution in [3.63, 3.8) is 0 Å². The van der Waals surface area contributed by atoms with Crippen molar-refractivity contribution >= 4 is 34.0 Å². The normalized spacial score (nSPS) is 30.9. The zero-order valence-corrected chi connectivity index (χ0v) is 11.1. The Hall–Kier alpha value is -0.740. The summed E-state index contributed by atoms with van der Waals surface area (Å²) >= 11 is 3.64. The molecule has 0 unspecified atom stereocenters. The van der Waals surface area contributed by atoms with E-state index in [1.165, 1.54) is 41.4 Å². The molecule has 2 atom stereocenters. The number of hydrogen-bond donors (Lipinski definition) is 0. The first-order valence-corrected chi connectivity index (χ1v) is 7.97. The van der Waals surface area contributed by atoms with Crippen LogP contribution in [-0.4, -0.2) is 22.2 Å². The number of nitrogens with zero attached hydrogens (tertiary/aromatic N) is 2. The van der Waals surface area contributed by atoms with Crippen molar-refractivity contribution in [3.8, 4) is 0 Å². The third-order valence-electron chi connectivity index (χ3n) is 3.82. The fraction of sp³-hybridized carbons (Fsp3) is 0.462. The number of thiophene rings is 1. The summed E-state index contributed by atoms with van der Waals surface area (Å²) in [7, 11) is 0. The molecule has 0 spiro atoms. The van der Waals surface area contributed by atoms with Crippen LogP contribution in [0.25, 0.3) is 5.70 Å². The van der Waals surface area contributed by atoms with Crippen molar-refractivity contribution in [2.45, 2.75) is 37.8 Å². The summed E-state index contributed by atoms with van der Waals surface area (Å²) in [5.74, 6) is 0. The molecule has 1 fully saturated rings. The highest BCUT2D eigenvalue weighted by molar-refractivity contribution is 8.16. The number of hydrogen-bond acceptors (Lipinski definition) is 4. The summed E-state index contributed by atoms with van der Waals surface area (Å²) in [6.07, 6.45) is 5.31. The van der Waals surface area contributed by atoms with Crippen LogP contribution in [0.1, 0.15) is 30.6 Å². The first kappa shape index (κ1) is 10.2. The van der Waals surface area contributed by atoms with Crippen LogP contribution < -0.4 is 0 Å². The molecule has 0 amide bonds. The molecule has 4 heteroatoms. The Bertz CT molecular complexity index is 490. The van der Waals surface area contributed by atoms with Gasteiger partial charge in [0, 0.05) is 5.41 Å². The topological polar surface area (TPSA) is 15.6 Å². The standard InChI is InChI=1S/C13H14N2S2/c1-2-5-10-9(4-1)14-13-15(10)11(8-17-13)12-6-3-7-16-12/h3,6-10H,1-2,4-5H2/t9-,10-/m1/s1. The minimum Gasteiger partial charge on any atom is -0.314 e. The minimum absolute atomic E-state index is 0.565. The molecule has 0 aromatic carbocycles. The summed E-state index contributed by atoms with van der Waals surface area (Å²) in [5, 5.41) is 5.67. The molecule has 0 saturated heterocycles. The number of thioether (sulfide) groups is 1. The smallest absolute Gasteiger partial charge is 0.168 e. The maximum atomic E-state index is 4.89. The van der Waals surface area contributed by atoms with Crippen LogP contribution in [0.3, 0.4) is 0 Å². The molecule has 2 nitrogen and oxygen atoms in total. The molecule has 1 aliphatic carbocycles. The number of aliphatic imine (C=N–C) groups is 1. The van der Waals surface area contributed by atoms with Crippen LogP contribution in [0.15, 0.2) is 27.9 Å². The Morgan fingerprint density at radius 2 is 2.24 bits per heavy atom. The summed E-state index contributed by atoms with van der Waals surface area (Å²) in [6, 6.07) is 5.56. The van der Waals surface area contributed by atoms with E-state index in [0.29, 0.717) is 12.1 Å². The molecule has 1 saturated carbocycles. The van der Waals surface area contributed by atoms with E-state index in [1.807, 2.05) is 11.3 Å². The molecule has 4 rings (SSSR count). The van der Waals surface area contributed by atoms with Crippen molar-refractivity contribution in [1.29, 1.82) is 0 Å². The van der Waals surface area contributed by atoms with Crippen LogP contribution in [-0.2, 0) is 0 Å². The third kappa shape index (κ3) is 1.50. The molecule has 2 aliphatic heterocycles. The fourth-order valence-corrected chi connectivity index (χ4v) is 4.84. The summed E-state index contributed by atoms with van der Waals surface area (Å²) < 4.78 is 0.